The first-order valence-electron chi connectivity index (χ1n) is 7.61. The Hall–Kier alpha value is -0.770. The molecule has 1 heterocycles. The fourth-order valence-electron chi connectivity index (χ4n) is 2.49. The van der Waals surface area contributed by atoms with Crippen LogP contribution in [-0.4, -0.2) is 42.8 Å². The van der Waals surface area contributed by atoms with Crippen molar-refractivity contribution < 1.29 is 9.53 Å². The van der Waals surface area contributed by atoms with Gasteiger partial charge in [-0.15, -0.1) is 0 Å². The van der Waals surface area contributed by atoms with Crippen LogP contribution in [0.15, 0.2) is 0 Å². The lowest BCUT2D eigenvalue weighted by Crippen LogP contribution is -2.43. The van der Waals surface area contributed by atoms with Gasteiger partial charge in [0.25, 0.3) is 0 Å². The minimum atomic E-state index is -0.394. The van der Waals surface area contributed by atoms with Crippen molar-refractivity contribution in [2.45, 2.75) is 59.0 Å². The molecular formula is C15H30N2O2. The summed E-state index contributed by atoms with van der Waals surface area (Å²) < 4.78 is 5.44. The lowest BCUT2D eigenvalue weighted by atomic mass is 9.93. The average Bonchev–Trinajstić information content (AvgIpc) is 2.33. The summed E-state index contributed by atoms with van der Waals surface area (Å²) in [5, 5.41) is 3.35. The summed E-state index contributed by atoms with van der Waals surface area (Å²) in [6.45, 7) is 11.7. The Balaban J connectivity index is 2.31. The lowest BCUT2D eigenvalue weighted by molar-refractivity contribution is 0.0161. The maximum Gasteiger partial charge on any atom is 0.410 e. The molecule has 0 aromatic carbocycles. The quantitative estimate of drug-likeness (QED) is 0.781. The van der Waals surface area contributed by atoms with Crippen molar-refractivity contribution in [1.82, 2.24) is 10.2 Å². The summed E-state index contributed by atoms with van der Waals surface area (Å²) in [6, 6.07) is 0. The zero-order chi connectivity index (χ0) is 14.3. The number of nitrogens with zero attached hydrogens (tertiary/aromatic N) is 1. The molecule has 1 atom stereocenters. The van der Waals surface area contributed by atoms with E-state index in [-0.39, 0.29) is 6.09 Å². The number of nitrogens with one attached hydrogen (secondary N) is 1. The predicted octanol–water partition coefficient (Wildman–Crippen LogP) is 3.02. The zero-order valence-corrected chi connectivity index (χ0v) is 13.0. The number of hydrogen-bond donors (Lipinski definition) is 1. The molecule has 1 saturated heterocycles. The Kier molecular flexibility index (Phi) is 6.63. The van der Waals surface area contributed by atoms with Crippen molar-refractivity contribution in [3.63, 3.8) is 0 Å². The second kappa shape index (κ2) is 7.73. The van der Waals surface area contributed by atoms with Gasteiger partial charge in [0.05, 0.1) is 0 Å². The van der Waals surface area contributed by atoms with Gasteiger partial charge >= 0.3 is 6.09 Å². The van der Waals surface area contributed by atoms with Crippen molar-refractivity contribution in [3.8, 4) is 0 Å². The van der Waals surface area contributed by atoms with Gasteiger partial charge in [0, 0.05) is 13.1 Å². The van der Waals surface area contributed by atoms with Crippen LogP contribution in [0, 0.1) is 5.92 Å². The first kappa shape index (κ1) is 16.3. The van der Waals surface area contributed by atoms with Crippen molar-refractivity contribution in [2.75, 3.05) is 26.2 Å². The molecule has 0 radical (unpaired) electrons. The molecule has 0 aliphatic carbocycles. The van der Waals surface area contributed by atoms with Crippen LogP contribution in [-0.2, 0) is 4.74 Å². The van der Waals surface area contributed by atoms with Gasteiger partial charge in [-0.05, 0) is 65.5 Å². The van der Waals surface area contributed by atoms with E-state index < -0.39 is 5.60 Å². The first-order valence-corrected chi connectivity index (χ1v) is 7.61. The van der Waals surface area contributed by atoms with Crippen molar-refractivity contribution in [2.24, 2.45) is 5.92 Å². The molecule has 4 nitrogen and oxygen atoms in total. The molecule has 0 spiro atoms. The molecule has 0 saturated carbocycles. The van der Waals surface area contributed by atoms with Gasteiger partial charge in [-0.25, -0.2) is 4.79 Å². The molecule has 0 aromatic heterocycles. The highest BCUT2D eigenvalue weighted by molar-refractivity contribution is 5.68. The van der Waals surface area contributed by atoms with E-state index in [2.05, 4.69) is 12.2 Å². The second-order valence-corrected chi connectivity index (χ2v) is 6.43. The first-order chi connectivity index (χ1) is 8.92. The fourth-order valence-corrected chi connectivity index (χ4v) is 2.49. The normalized spacial score (nSPS) is 20.4. The smallest absolute Gasteiger partial charge is 0.410 e. The standard InChI is InChI=1S/C15H30N2O2/c1-5-16-10-6-8-13-9-7-11-17(12-13)14(18)19-15(2,3)4/h13,16H,5-12H2,1-4H3/t13-/m1/s1. The van der Waals surface area contributed by atoms with Gasteiger partial charge < -0.3 is 15.0 Å². The number of carbonyl (C=O) groups excluding carboxylic acids is 1. The summed E-state index contributed by atoms with van der Waals surface area (Å²) in [5.41, 5.74) is -0.394. The number of carbonyl (C=O) groups is 1. The number of piperidine rings is 1. The van der Waals surface area contributed by atoms with E-state index in [9.17, 15) is 4.79 Å². The molecule has 1 fully saturated rings. The van der Waals surface area contributed by atoms with Crippen LogP contribution in [0.3, 0.4) is 0 Å². The highest BCUT2D eigenvalue weighted by Gasteiger charge is 2.27. The number of ether oxygens (including phenoxy) is 1. The molecule has 0 bridgehead atoms. The van der Waals surface area contributed by atoms with Gasteiger partial charge in [-0.1, -0.05) is 6.92 Å². The minimum absolute atomic E-state index is 0.149. The van der Waals surface area contributed by atoms with E-state index in [1.807, 2.05) is 25.7 Å². The molecule has 1 amide bonds. The van der Waals surface area contributed by atoms with E-state index in [0.717, 1.165) is 32.6 Å². The molecule has 19 heavy (non-hydrogen) atoms. The van der Waals surface area contributed by atoms with E-state index in [4.69, 9.17) is 4.74 Å². The van der Waals surface area contributed by atoms with E-state index in [1.54, 1.807) is 0 Å². The van der Waals surface area contributed by atoms with E-state index in [1.165, 1.54) is 19.3 Å². The van der Waals surface area contributed by atoms with Crippen molar-refractivity contribution in [1.29, 1.82) is 0 Å². The molecule has 112 valence electrons. The second-order valence-electron chi connectivity index (χ2n) is 6.43. The van der Waals surface area contributed by atoms with Crippen LogP contribution in [0.1, 0.15) is 53.4 Å². The van der Waals surface area contributed by atoms with Crippen LogP contribution < -0.4 is 5.32 Å². The third-order valence-electron chi connectivity index (χ3n) is 3.39. The Bertz CT molecular complexity index is 274. The fraction of sp³-hybridized carbons (Fsp3) is 0.933. The monoisotopic (exact) mass is 270 g/mol. The Morgan fingerprint density at radius 1 is 1.42 bits per heavy atom. The van der Waals surface area contributed by atoms with Crippen LogP contribution in [0.25, 0.3) is 0 Å². The number of likely N-dealkylation sites (tertiary alicyclic amines) is 1. The van der Waals surface area contributed by atoms with Gasteiger partial charge in [-0.2, -0.15) is 0 Å². The predicted molar refractivity (Wildman–Crippen MR) is 78.3 cm³/mol. The summed E-state index contributed by atoms with van der Waals surface area (Å²) in [4.78, 5) is 13.9. The van der Waals surface area contributed by atoms with Gasteiger partial charge in [0.15, 0.2) is 0 Å². The lowest BCUT2D eigenvalue weighted by Gasteiger charge is -2.34. The molecule has 1 rings (SSSR count). The maximum absolute atomic E-state index is 12.0. The van der Waals surface area contributed by atoms with Gasteiger partial charge in [-0.3, -0.25) is 0 Å². The minimum Gasteiger partial charge on any atom is -0.444 e. The molecule has 1 N–H and O–H groups in total. The highest BCUT2D eigenvalue weighted by atomic mass is 16.6. The van der Waals surface area contributed by atoms with Crippen LogP contribution >= 0.6 is 0 Å². The van der Waals surface area contributed by atoms with E-state index in [0.29, 0.717) is 5.92 Å². The Morgan fingerprint density at radius 3 is 2.79 bits per heavy atom. The summed E-state index contributed by atoms with van der Waals surface area (Å²) in [5.74, 6) is 0.639. The number of amides is 1. The Labute approximate surface area is 117 Å². The number of hydrogen-bond acceptors (Lipinski definition) is 3. The van der Waals surface area contributed by atoms with Crippen molar-refractivity contribution in [3.05, 3.63) is 0 Å². The highest BCUT2D eigenvalue weighted by Crippen LogP contribution is 2.22. The van der Waals surface area contributed by atoms with Crippen LogP contribution in [0.5, 0.6) is 0 Å². The van der Waals surface area contributed by atoms with Crippen molar-refractivity contribution >= 4 is 6.09 Å². The Morgan fingerprint density at radius 2 is 2.16 bits per heavy atom. The SMILES string of the molecule is CCNCCC[C@@H]1CCCN(C(=O)OC(C)(C)C)C1. The molecule has 0 aromatic rings. The van der Waals surface area contributed by atoms with Crippen LogP contribution in [0.4, 0.5) is 4.79 Å². The summed E-state index contributed by atoms with van der Waals surface area (Å²) in [7, 11) is 0. The van der Waals surface area contributed by atoms with Gasteiger partial charge in [0.2, 0.25) is 0 Å². The summed E-state index contributed by atoms with van der Waals surface area (Å²) >= 11 is 0. The topological polar surface area (TPSA) is 41.6 Å². The third-order valence-corrected chi connectivity index (χ3v) is 3.39. The maximum atomic E-state index is 12.0. The number of rotatable bonds is 5. The van der Waals surface area contributed by atoms with Gasteiger partial charge in [0.1, 0.15) is 5.60 Å². The third kappa shape index (κ3) is 6.81. The van der Waals surface area contributed by atoms with E-state index >= 15 is 0 Å². The summed E-state index contributed by atoms with van der Waals surface area (Å²) in [6.07, 6.45) is 4.59. The molecule has 0 unspecified atom stereocenters. The largest absolute Gasteiger partial charge is 0.444 e. The molecule has 1 aliphatic rings. The average molecular weight is 270 g/mol. The van der Waals surface area contributed by atoms with Crippen LogP contribution in [0.2, 0.25) is 0 Å². The molecule has 4 heteroatoms. The zero-order valence-electron chi connectivity index (χ0n) is 13.0. The molecular weight excluding hydrogens is 240 g/mol. The molecule has 1 aliphatic heterocycles.